The molecule has 2 rings (SSSR count). The number of aromatic nitrogens is 1. The smallest absolute Gasteiger partial charge is 0.242 e. The van der Waals surface area contributed by atoms with Crippen LogP contribution < -0.4 is 4.72 Å². The Bertz CT molecular complexity index is 705. The van der Waals surface area contributed by atoms with Gasteiger partial charge in [-0.3, -0.25) is 0 Å². The first-order chi connectivity index (χ1) is 9.40. The molecule has 0 bridgehead atoms. The van der Waals surface area contributed by atoms with Gasteiger partial charge in [0, 0.05) is 16.7 Å². The summed E-state index contributed by atoms with van der Waals surface area (Å²) in [6, 6.07) is 9.95. The van der Waals surface area contributed by atoms with E-state index in [9.17, 15) is 8.42 Å². The molecule has 0 radical (unpaired) electrons. The fourth-order valence-corrected chi connectivity index (χ4v) is 3.62. The van der Waals surface area contributed by atoms with Crippen molar-refractivity contribution in [1.29, 1.82) is 0 Å². The third-order valence-electron chi connectivity index (χ3n) is 2.71. The van der Waals surface area contributed by atoms with Crippen LogP contribution in [0, 0.1) is 0 Å². The summed E-state index contributed by atoms with van der Waals surface area (Å²) in [6.45, 7) is 1.78. The van der Waals surface area contributed by atoms with E-state index in [1.165, 1.54) is 18.3 Å². The monoisotopic (exact) mass is 374 g/mol. The number of nitrogens with zero attached hydrogens (tertiary/aromatic N) is 1. The molecule has 0 saturated heterocycles. The Kier molecular flexibility index (Phi) is 4.80. The lowest BCUT2D eigenvalue weighted by Crippen LogP contribution is -2.27. The maximum atomic E-state index is 12.2. The second-order valence-electron chi connectivity index (χ2n) is 4.18. The lowest BCUT2D eigenvalue weighted by molar-refractivity contribution is 0.566. The summed E-state index contributed by atoms with van der Waals surface area (Å²) in [5.74, 6) is 0. The van der Waals surface area contributed by atoms with Crippen LogP contribution in [-0.2, 0) is 10.0 Å². The van der Waals surface area contributed by atoms with Crippen LogP contribution in [0.25, 0.3) is 0 Å². The minimum atomic E-state index is -3.63. The molecule has 0 amide bonds. The van der Waals surface area contributed by atoms with Gasteiger partial charge in [0.05, 0.1) is 0 Å². The molecule has 1 aromatic carbocycles. The van der Waals surface area contributed by atoms with Crippen LogP contribution in [0.1, 0.15) is 18.5 Å². The predicted octanol–water partition coefficient (Wildman–Crippen LogP) is 3.54. The molecule has 0 fully saturated rings. The van der Waals surface area contributed by atoms with Crippen molar-refractivity contribution in [3.05, 3.63) is 57.8 Å². The van der Waals surface area contributed by atoms with E-state index in [0.29, 0.717) is 0 Å². The molecule has 0 spiro atoms. The summed E-state index contributed by atoms with van der Waals surface area (Å²) in [5, 5.41) is 0.253. The number of sulfonamides is 1. The molecule has 0 saturated carbocycles. The zero-order chi connectivity index (χ0) is 14.8. The predicted molar refractivity (Wildman–Crippen MR) is 82.1 cm³/mol. The Balaban J connectivity index is 2.24. The highest BCUT2D eigenvalue weighted by molar-refractivity contribution is 9.10. The minimum Gasteiger partial charge on any atom is -0.243 e. The number of hydrogen-bond donors (Lipinski definition) is 1. The highest BCUT2D eigenvalue weighted by Gasteiger charge is 2.19. The van der Waals surface area contributed by atoms with E-state index in [0.717, 1.165) is 10.0 Å². The Hall–Kier alpha value is -0.950. The number of nitrogens with one attached hydrogen (secondary N) is 1. The van der Waals surface area contributed by atoms with Gasteiger partial charge >= 0.3 is 0 Å². The maximum absolute atomic E-state index is 12.2. The third kappa shape index (κ3) is 3.58. The molecular weight excluding hydrogens is 364 g/mol. The van der Waals surface area contributed by atoms with Crippen molar-refractivity contribution in [2.24, 2.45) is 0 Å². The normalized spacial score (nSPS) is 13.2. The van der Waals surface area contributed by atoms with Gasteiger partial charge in [0.1, 0.15) is 10.0 Å². The number of hydrogen-bond acceptors (Lipinski definition) is 3. The molecule has 2 aromatic rings. The third-order valence-corrected chi connectivity index (χ3v) is 5.19. The first-order valence-corrected chi connectivity index (χ1v) is 8.44. The van der Waals surface area contributed by atoms with Crippen LogP contribution in [0.5, 0.6) is 0 Å². The maximum Gasteiger partial charge on any atom is 0.242 e. The lowest BCUT2D eigenvalue weighted by Gasteiger charge is -2.15. The number of rotatable bonds is 4. The molecule has 106 valence electrons. The summed E-state index contributed by atoms with van der Waals surface area (Å²) >= 11 is 9.06. The molecule has 0 aliphatic heterocycles. The number of benzene rings is 1. The van der Waals surface area contributed by atoms with E-state index in [1.807, 2.05) is 24.3 Å². The van der Waals surface area contributed by atoms with Gasteiger partial charge in [-0.15, -0.1) is 0 Å². The van der Waals surface area contributed by atoms with Gasteiger partial charge in [-0.25, -0.2) is 18.1 Å². The standard InChI is InChI=1S/C13H12BrClN2O2S/c1-9(11-4-2-3-5-12(11)14)17-20(18,19)10-6-7-13(15)16-8-10/h2-9,17H,1H3. The topological polar surface area (TPSA) is 59.1 Å². The van der Waals surface area contributed by atoms with Gasteiger partial charge in [-0.1, -0.05) is 45.7 Å². The molecule has 20 heavy (non-hydrogen) atoms. The van der Waals surface area contributed by atoms with Crippen LogP contribution in [0.3, 0.4) is 0 Å². The summed E-state index contributed by atoms with van der Waals surface area (Å²) in [4.78, 5) is 3.86. The van der Waals surface area contributed by atoms with Gasteiger partial charge in [0.25, 0.3) is 0 Å². The number of pyridine rings is 1. The Labute approximate surface area is 131 Å². The molecule has 4 nitrogen and oxygen atoms in total. The molecule has 0 aliphatic carbocycles. The van der Waals surface area contributed by atoms with E-state index in [-0.39, 0.29) is 16.1 Å². The quantitative estimate of drug-likeness (QED) is 0.832. The average Bonchev–Trinajstić information content (AvgIpc) is 2.39. The fraction of sp³-hybridized carbons (Fsp3) is 0.154. The summed E-state index contributed by atoms with van der Waals surface area (Å²) in [7, 11) is -3.63. The zero-order valence-corrected chi connectivity index (χ0v) is 13.7. The van der Waals surface area contributed by atoms with Crippen molar-refractivity contribution in [3.8, 4) is 0 Å². The molecule has 1 heterocycles. The van der Waals surface area contributed by atoms with E-state index in [4.69, 9.17) is 11.6 Å². The highest BCUT2D eigenvalue weighted by Crippen LogP contribution is 2.24. The van der Waals surface area contributed by atoms with Crippen molar-refractivity contribution < 1.29 is 8.42 Å². The summed E-state index contributed by atoms with van der Waals surface area (Å²) in [5.41, 5.74) is 0.859. The largest absolute Gasteiger partial charge is 0.243 e. The van der Waals surface area contributed by atoms with Crippen LogP contribution in [0.2, 0.25) is 5.15 Å². The Morgan fingerprint density at radius 2 is 1.95 bits per heavy atom. The fourth-order valence-electron chi connectivity index (χ4n) is 1.71. The Morgan fingerprint density at radius 3 is 2.55 bits per heavy atom. The van der Waals surface area contributed by atoms with E-state index < -0.39 is 10.0 Å². The van der Waals surface area contributed by atoms with Gasteiger partial charge in [-0.05, 0) is 30.7 Å². The van der Waals surface area contributed by atoms with Crippen molar-refractivity contribution in [1.82, 2.24) is 9.71 Å². The van der Waals surface area contributed by atoms with Gasteiger partial charge in [0.2, 0.25) is 10.0 Å². The first kappa shape index (κ1) is 15.4. The van der Waals surface area contributed by atoms with Crippen LogP contribution in [-0.4, -0.2) is 13.4 Å². The van der Waals surface area contributed by atoms with Gasteiger partial charge in [0.15, 0.2) is 0 Å². The van der Waals surface area contributed by atoms with Crippen molar-refractivity contribution in [3.63, 3.8) is 0 Å². The van der Waals surface area contributed by atoms with Crippen molar-refractivity contribution in [2.75, 3.05) is 0 Å². The number of halogens is 2. The van der Waals surface area contributed by atoms with E-state index >= 15 is 0 Å². The van der Waals surface area contributed by atoms with Crippen LogP contribution >= 0.6 is 27.5 Å². The minimum absolute atomic E-state index is 0.0841. The molecule has 7 heteroatoms. The first-order valence-electron chi connectivity index (χ1n) is 5.78. The van der Waals surface area contributed by atoms with E-state index in [1.54, 1.807) is 6.92 Å². The van der Waals surface area contributed by atoms with E-state index in [2.05, 4.69) is 25.6 Å². The van der Waals surface area contributed by atoms with Crippen molar-refractivity contribution >= 4 is 37.6 Å². The second kappa shape index (κ2) is 6.22. The molecule has 1 aromatic heterocycles. The summed E-state index contributed by atoms with van der Waals surface area (Å²) < 4.78 is 27.9. The molecule has 1 unspecified atom stereocenters. The Morgan fingerprint density at radius 1 is 1.25 bits per heavy atom. The highest BCUT2D eigenvalue weighted by atomic mass is 79.9. The van der Waals surface area contributed by atoms with Gasteiger partial charge in [-0.2, -0.15) is 0 Å². The summed E-state index contributed by atoms with van der Waals surface area (Å²) in [6.07, 6.45) is 1.23. The molecular formula is C13H12BrClN2O2S. The zero-order valence-electron chi connectivity index (χ0n) is 10.5. The molecule has 0 aliphatic rings. The van der Waals surface area contributed by atoms with Crippen molar-refractivity contribution in [2.45, 2.75) is 17.9 Å². The SMILES string of the molecule is CC(NS(=O)(=O)c1ccc(Cl)nc1)c1ccccc1Br. The molecule has 1 atom stereocenters. The molecule has 1 N–H and O–H groups in total. The lowest BCUT2D eigenvalue weighted by atomic mass is 10.1. The average molecular weight is 376 g/mol. The second-order valence-corrected chi connectivity index (χ2v) is 7.14. The van der Waals surface area contributed by atoms with Gasteiger partial charge < -0.3 is 0 Å². The van der Waals surface area contributed by atoms with Crippen LogP contribution in [0.15, 0.2) is 52.0 Å². The van der Waals surface area contributed by atoms with Crippen LogP contribution in [0.4, 0.5) is 0 Å².